The summed E-state index contributed by atoms with van der Waals surface area (Å²) >= 11 is 0. The van der Waals surface area contributed by atoms with Crippen molar-refractivity contribution in [2.75, 3.05) is 24.8 Å². The van der Waals surface area contributed by atoms with Crippen LogP contribution >= 0.6 is 0 Å². The van der Waals surface area contributed by atoms with Gasteiger partial charge in [0.1, 0.15) is 0 Å². The number of nitrogens with two attached hydrogens (primary N) is 1. The van der Waals surface area contributed by atoms with Gasteiger partial charge in [0.05, 0.1) is 12.2 Å². The summed E-state index contributed by atoms with van der Waals surface area (Å²) in [4.78, 5) is 11.0. The molecule has 0 amide bonds. The van der Waals surface area contributed by atoms with E-state index in [1.807, 2.05) is 0 Å². The van der Waals surface area contributed by atoms with Crippen molar-refractivity contribution in [3.63, 3.8) is 0 Å². The molecule has 1 aromatic carbocycles. The SMILES string of the molecule is CCCC(COC)Nc1ccc(N)c(C(=O)O)c1. The van der Waals surface area contributed by atoms with Crippen molar-refractivity contribution in [1.29, 1.82) is 0 Å². The van der Waals surface area contributed by atoms with Gasteiger partial charge in [0.25, 0.3) is 0 Å². The highest BCUT2D eigenvalue weighted by Crippen LogP contribution is 2.19. The second kappa shape index (κ2) is 6.86. The van der Waals surface area contributed by atoms with Crippen molar-refractivity contribution in [2.24, 2.45) is 0 Å². The quantitative estimate of drug-likeness (QED) is 0.648. The van der Waals surface area contributed by atoms with E-state index >= 15 is 0 Å². The number of nitrogen functional groups attached to an aromatic ring is 1. The molecule has 100 valence electrons. The van der Waals surface area contributed by atoms with Gasteiger partial charge in [-0.15, -0.1) is 0 Å². The Kier molecular flexibility index (Phi) is 5.45. The second-order valence-corrected chi connectivity index (χ2v) is 4.19. The Morgan fingerprint density at radius 2 is 2.28 bits per heavy atom. The molecular weight excluding hydrogens is 232 g/mol. The topological polar surface area (TPSA) is 84.6 Å². The van der Waals surface area contributed by atoms with E-state index in [-0.39, 0.29) is 17.3 Å². The van der Waals surface area contributed by atoms with E-state index in [2.05, 4.69) is 12.2 Å². The molecule has 1 atom stereocenters. The minimum atomic E-state index is -1.02. The highest BCUT2D eigenvalue weighted by atomic mass is 16.5. The minimum Gasteiger partial charge on any atom is -0.478 e. The maximum absolute atomic E-state index is 11.0. The standard InChI is InChI=1S/C13H20N2O3/c1-3-4-10(8-18-2)15-9-5-6-12(14)11(7-9)13(16)17/h5-7,10,15H,3-4,8,14H2,1-2H3,(H,16,17). The molecule has 0 saturated heterocycles. The summed E-state index contributed by atoms with van der Waals surface area (Å²) in [5, 5.41) is 12.3. The number of carboxylic acids is 1. The van der Waals surface area contributed by atoms with Gasteiger partial charge in [-0.25, -0.2) is 4.79 Å². The van der Waals surface area contributed by atoms with Crippen molar-refractivity contribution in [3.8, 4) is 0 Å². The Morgan fingerprint density at radius 1 is 1.56 bits per heavy atom. The zero-order chi connectivity index (χ0) is 13.5. The van der Waals surface area contributed by atoms with E-state index in [1.165, 1.54) is 0 Å². The van der Waals surface area contributed by atoms with E-state index in [4.69, 9.17) is 15.6 Å². The first-order valence-corrected chi connectivity index (χ1v) is 5.96. The Hall–Kier alpha value is -1.75. The van der Waals surface area contributed by atoms with Crippen LogP contribution in [-0.4, -0.2) is 30.8 Å². The van der Waals surface area contributed by atoms with Gasteiger partial charge in [-0.05, 0) is 24.6 Å². The highest BCUT2D eigenvalue weighted by molar-refractivity contribution is 5.94. The van der Waals surface area contributed by atoms with Gasteiger partial charge in [-0.2, -0.15) is 0 Å². The van der Waals surface area contributed by atoms with Gasteiger partial charge in [-0.3, -0.25) is 0 Å². The number of aromatic carboxylic acids is 1. The monoisotopic (exact) mass is 252 g/mol. The van der Waals surface area contributed by atoms with E-state index in [9.17, 15) is 4.79 Å². The number of hydrogen-bond donors (Lipinski definition) is 3. The summed E-state index contributed by atoms with van der Waals surface area (Å²) in [5.74, 6) is -1.02. The van der Waals surface area contributed by atoms with Gasteiger partial charge in [0.15, 0.2) is 0 Å². The number of ether oxygens (including phenoxy) is 1. The average Bonchev–Trinajstić information content (AvgIpc) is 2.32. The number of benzene rings is 1. The zero-order valence-electron chi connectivity index (χ0n) is 10.8. The van der Waals surface area contributed by atoms with Crippen LogP contribution in [0.2, 0.25) is 0 Å². The molecule has 5 heteroatoms. The van der Waals surface area contributed by atoms with Crippen molar-refractivity contribution in [3.05, 3.63) is 23.8 Å². The van der Waals surface area contributed by atoms with Gasteiger partial charge in [-0.1, -0.05) is 13.3 Å². The molecule has 1 rings (SSSR count). The largest absolute Gasteiger partial charge is 0.478 e. The molecule has 0 heterocycles. The molecular formula is C13H20N2O3. The maximum Gasteiger partial charge on any atom is 0.337 e. The van der Waals surface area contributed by atoms with Crippen LogP contribution in [0, 0.1) is 0 Å². The summed E-state index contributed by atoms with van der Waals surface area (Å²) in [6, 6.07) is 5.10. The molecule has 0 aliphatic rings. The number of nitrogens with one attached hydrogen (secondary N) is 1. The predicted molar refractivity (Wildman–Crippen MR) is 72.0 cm³/mol. The van der Waals surface area contributed by atoms with Crippen LogP contribution in [-0.2, 0) is 4.74 Å². The van der Waals surface area contributed by atoms with Crippen molar-refractivity contribution < 1.29 is 14.6 Å². The molecule has 0 aromatic heterocycles. The smallest absolute Gasteiger partial charge is 0.337 e. The van der Waals surface area contributed by atoms with Crippen LogP contribution < -0.4 is 11.1 Å². The van der Waals surface area contributed by atoms with Crippen LogP contribution in [0.1, 0.15) is 30.1 Å². The van der Waals surface area contributed by atoms with Crippen LogP contribution in [0.3, 0.4) is 0 Å². The molecule has 18 heavy (non-hydrogen) atoms. The van der Waals surface area contributed by atoms with E-state index in [0.717, 1.165) is 18.5 Å². The molecule has 0 fully saturated rings. The normalized spacial score (nSPS) is 12.1. The number of hydrogen-bond acceptors (Lipinski definition) is 4. The number of anilines is 2. The molecule has 1 unspecified atom stereocenters. The third-order valence-electron chi connectivity index (χ3n) is 2.66. The fourth-order valence-corrected chi connectivity index (χ4v) is 1.81. The summed E-state index contributed by atoms with van der Waals surface area (Å²) in [7, 11) is 1.65. The van der Waals surface area contributed by atoms with E-state index in [0.29, 0.717) is 6.61 Å². The van der Waals surface area contributed by atoms with Gasteiger partial charge in [0, 0.05) is 24.5 Å². The maximum atomic E-state index is 11.0. The van der Waals surface area contributed by atoms with Crippen LogP contribution in [0.15, 0.2) is 18.2 Å². The Bertz CT molecular complexity index is 401. The Morgan fingerprint density at radius 3 is 2.83 bits per heavy atom. The number of methoxy groups -OCH3 is 1. The predicted octanol–water partition coefficient (Wildman–Crippen LogP) is 2.19. The first kappa shape index (κ1) is 14.3. The van der Waals surface area contributed by atoms with Crippen LogP contribution in [0.5, 0.6) is 0 Å². The molecule has 0 saturated carbocycles. The average molecular weight is 252 g/mol. The number of carboxylic acid groups (broad SMARTS) is 1. The van der Waals surface area contributed by atoms with Gasteiger partial charge < -0.3 is 20.9 Å². The van der Waals surface area contributed by atoms with Gasteiger partial charge >= 0.3 is 5.97 Å². The summed E-state index contributed by atoms with van der Waals surface area (Å²) in [5.41, 5.74) is 6.74. The Balaban J connectivity index is 2.82. The van der Waals surface area contributed by atoms with Gasteiger partial charge in [0.2, 0.25) is 0 Å². The number of rotatable bonds is 7. The summed E-state index contributed by atoms with van der Waals surface area (Å²) in [6.07, 6.45) is 1.99. The van der Waals surface area contributed by atoms with Crippen molar-refractivity contribution in [2.45, 2.75) is 25.8 Å². The van der Waals surface area contributed by atoms with Crippen LogP contribution in [0.25, 0.3) is 0 Å². The lowest BCUT2D eigenvalue weighted by atomic mass is 10.1. The molecule has 5 nitrogen and oxygen atoms in total. The molecule has 0 spiro atoms. The summed E-state index contributed by atoms with van der Waals surface area (Å²) in [6.45, 7) is 2.68. The third-order valence-corrected chi connectivity index (χ3v) is 2.66. The molecule has 1 aromatic rings. The molecule has 0 aliphatic heterocycles. The molecule has 4 N–H and O–H groups in total. The van der Waals surface area contributed by atoms with E-state index < -0.39 is 5.97 Å². The van der Waals surface area contributed by atoms with Crippen molar-refractivity contribution >= 4 is 17.3 Å². The fraction of sp³-hybridized carbons (Fsp3) is 0.462. The lowest BCUT2D eigenvalue weighted by molar-refractivity contribution is 0.0698. The first-order valence-electron chi connectivity index (χ1n) is 5.96. The lowest BCUT2D eigenvalue weighted by Gasteiger charge is -2.19. The third kappa shape index (κ3) is 3.92. The number of carbonyl (C=O) groups is 1. The molecule has 0 aliphatic carbocycles. The first-order chi connectivity index (χ1) is 8.58. The highest BCUT2D eigenvalue weighted by Gasteiger charge is 2.11. The molecule has 0 bridgehead atoms. The summed E-state index contributed by atoms with van der Waals surface area (Å²) < 4.78 is 5.13. The Labute approximate surface area is 107 Å². The minimum absolute atomic E-state index is 0.118. The zero-order valence-corrected chi connectivity index (χ0v) is 10.8. The molecule has 0 radical (unpaired) electrons. The van der Waals surface area contributed by atoms with Crippen LogP contribution in [0.4, 0.5) is 11.4 Å². The van der Waals surface area contributed by atoms with Crippen molar-refractivity contribution in [1.82, 2.24) is 0 Å². The van der Waals surface area contributed by atoms with E-state index in [1.54, 1.807) is 25.3 Å². The lowest BCUT2D eigenvalue weighted by Crippen LogP contribution is -2.24. The fourth-order valence-electron chi connectivity index (χ4n) is 1.81. The second-order valence-electron chi connectivity index (χ2n) is 4.19.